The fourth-order valence-electron chi connectivity index (χ4n) is 3.28. The molecule has 0 fully saturated rings. The predicted octanol–water partition coefficient (Wildman–Crippen LogP) is 2.97. The van der Waals surface area contributed by atoms with Gasteiger partial charge in [-0.25, -0.2) is 39.4 Å². The molecule has 0 saturated carbocycles. The Hall–Kier alpha value is -2.78. The van der Waals surface area contributed by atoms with E-state index in [-0.39, 0.29) is 22.0 Å². The van der Waals surface area contributed by atoms with Gasteiger partial charge in [0.05, 0.1) is 23.0 Å². The van der Waals surface area contributed by atoms with Crippen molar-refractivity contribution in [2.45, 2.75) is 31.2 Å². The first-order chi connectivity index (χ1) is 16.6. The van der Waals surface area contributed by atoms with E-state index in [0.717, 1.165) is 18.6 Å². The van der Waals surface area contributed by atoms with Crippen LogP contribution in [0.25, 0.3) is 22.4 Å². The minimum absolute atomic E-state index is 0.000749. The number of hydrogen-bond donors (Lipinski definition) is 2. The first-order valence-electron chi connectivity index (χ1n) is 10.4. The summed E-state index contributed by atoms with van der Waals surface area (Å²) in [6.45, 7) is 5.14. The smallest absolute Gasteiger partial charge is 0.264 e. The molecule has 0 radical (unpaired) electrons. The van der Waals surface area contributed by atoms with Crippen molar-refractivity contribution in [1.29, 1.82) is 0 Å². The lowest BCUT2D eigenvalue weighted by Crippen LogP contribution is -2.40. The first kappa shape index (κ1) is 27.8. The van der Waals surface area contributed by atoms with Crippen LogP contribution in [0, 0.1) is 5.82 Å². The largest absolute Gasteiger partial charge is 0.289 e. The SMILES string of the molecule is CC(C)(C)NS(=O)(=O)c1ccccc1-c1ccc(-c2cnc(N(CS(C)(=O)=O)S(=O)O)cn2)c(F)c1. The van der Waals surface area contributed by atoms with Gasteiger partial charge in [-0.15, -0.1) is 0 Å². The maximum absolute atomic E-state index is 15.1. The van der Waals surface area contributed by atoms with Crippen LogP contribution in [0.5, 0.6) is 0 Å². The van der Waals surface area contributed by atoms with E-state index in [1.807, 2.05) is 0 Å². The van der Waals surface area contributed by atoms with Gasteiger partial charge < -0.3 is 0 Å². The molecule has 1 heterocycles. The predicted molar refractivity (Wildman–Crippen MR) is 136 cm³/mol. The van der Waals surface area contributed by atoms with Crippen molar-refractivity contribution in [1.82, 2.24) is 14.7 Å². The molecule has 0 amide bonds. The molecule has 2 N–H and O–H groups in total. The molecule has 1 aromatic heterocycles. The molecule has 194 valence electrons. The van der Waals surface area contributed by atoms with Gasteiger partial charge >= 0.3 is 0 Å². The number of hydrogen-bond acceptors (Lipinski definition) is 7. The highest BCUT2D eigenvalue weighted by Gasteiger charge is 2.25. The van der Waals surface area contributed by atoms with E-state index in [9.17, 15) is 25.6 Å². The number of rotatable bonds is 8. The van der Waals surface area contributed by atoms with Gasteiger partial charge in [0.15, 0.2) is 15.7 Å². The van der Waals surface area contributed by atoms with Gasteiger partial charge in [-0.05, 0) is 44.5 Å². The first-order valence-corrected chi connectivity index (χ1v) is 15.0. The van der Waals surface area contributed by atoms with Gasteiger partial charge in [0.25, 0.3) is 11.3 Å². The fourth-order valence-corrected chi connectivity index (χ4v) is 6.68. The number of nitrogens with zero attached hydrogens (tertiary/aromatic N) is 3. The summed E-state index contributed by atoms with van der Waals surface area (Å²) in [4.78, 5) is 8.01. The molecular formula is C22H25FN4O6S3. The molecule has 0 bridgehead atoms. The van der Waals surface area contributed by atoms with Gasteiger partial charge in [-0.2, -0.15) is 0 Å². The molecule has 0 saturated heterocycles. The van der Waals surface area contributed by atoms with Crippen molar-refractivity contribution >= 4 is 36.9 Å². The van der Waals surface area contributed by atoms with E-state index in [1.165, 1.54) is 24.3 Å². The summed E-state index contributed by atoms with van der Waals surface area (Å²) in [6.07, 6.45) is 3.09. The molecule has 0 aliphatic heterocycles. The van der Waals surface area contributed by atoms with E-state index in [4.69, 9.17) is 0 Å². The minimum Gasteiger partial charge on any atom is -0.289 e. The Balaban J connectivity index is 1.97. The molecule has 1 unspecified atom stereocenters. The molecule has 3 rings (SSSR count). The maximum atomic E-state index is 15.1. The number of nitrogens with one attached hydrogen (secondary N) is 1. The fraction of sp³-hybridized carbons (Fsp3) is 0.273. The summed E-state index contributed by atoms with van der Waals surface area (Å²) in [5.41, 5.74) is 0.0476. The molecule has 14 heteroatoms. The van der Waals surface area contributed by atoms with E-state index in [1.54, 1.807) is 39.0 Å². The normalized spacial score (nSPS) is 13.4. The van der Waals surface area contributed by atoms with E-state index in [2.05, 4.69) is 14.7 Å². The Morgan fingerprint density at radius 2 is 1.69 bits per heavy atom. The molecule has 0 aliphatic carbocycles. The second kappa shape index (κ2) is 10.3. The van der Waals surface area contributed by atoms with Gasteiger partial charge in [0.1, 0.15) is 11.7 Å². The van der Waals surface area contributed by atoms with Gasteiger partial charge in [-0.3, -0.25) is 9.54 Å². The lowest BCUT2D eigenvalue weighted by molar-refractivity contribution is 0.491. The van der Waals surface area contributed by atoms with Gasteiger partial charge in [0, 0.05) is 22.9 Å². The Labute approximate surface area is 212 Å². The van der Waals surface area contributed by atoms with Crippen LogP contribution in [-0.4, -0.2) is 53.2 Å². The number of benzene rings is 2. The summed E-state index contributed by atoms with van der Waals surface area (Å²) in [5.74, 6) is -1.66. The lowest BCUT2D eigenvalue weighted by Gasteiger charge is -2.21. The summed E-state index contributed by atoms with van der Waals surface area (Å²) in [5, 5.41) is 0. The molecule has 1 atom stereocenters. The van der Waals surface area contributed by atoms with Crippen molar-refractivity contribution in [3.05, 3.63) is 60.7 Å². The molecule has 0 aliphatic rings. The van der Waals surface area contributed by atoms with Crippen LogP contribution in [0.15, 0.2) is 59.8 Å². The zero-order valence-electron chi connectivity index (χ0n) is 19.8. The molecule has 3 aromatic rings. The zero-order valence-corrected chi connectivity index (χ0v) is 22.3. The third-order valence-electron chi connectivity index (χ3n) is 4.61. The van der Waals surface area contributed by atoms with E-state index >= 15 is 4.39 Å². The van der Waals surface area contributed by atoms with Crippen molar-refractivity contribution in [2.75, 3.05) is 16.4 Å². The second-order valence-electron chi connectivity index (χ2n) is 8.97. The van der Waals surface area contributed by atoms with Gasteiger partial charge in [0.2, 0.25) is 10.0 Å². The topological polar surface area (TPSA) is 147 Å². The monoisotopic (exact) mass is 556 g/mol. The van der Waals surface area contributed by atoms with Crippen LogP contribution in [0.3, 0.4) is 0 Å². The molecule has 2 aromatic carbocycles. The number of halogens is 1. The minimum atomic E-state index is -3.89. The molecular weight excluding hydrogens is 531 g/mol. The second-order valence-corrected chi connectivity index (χ2v) is 13.6. The summed E-state index contributed by atoms with van der Waals surface area (Å²) in [7, 11) is -7.54. The lowest BCUT2D eigenvalue weighted by atomic mass is 10.0. The maximum Gasteiger partial charge on any atom is 0.264 e. The highest BCUT2D eigenvalue weighted by Crippen LogP contribution is 2.31. The number of aromatic nitrogens is 2. The van der Waals surface area contributed by atoms with Crippen molar-refractivity contribution in [3.8, 4) is 22.4 Å². The number of sulfone groups is 1. The van der Waals surface area contributed by atoms with Crippen LogP contribution in [0.2, 0.25) is 0 Å². The molecule has 36 heavy (non-hydrogen) atoms. The van der Waals surface area contributed by atoms with Crippen molar-refractivity contribution < 1.29 is 30.0 Å². The molecule has 0 spiro atoms. The van der Waals surface area contributed by atoms with Crippen LogP contribution < -0.4 is 9.03 Å². The Bertz CT molecular complexity index is 1510. The summed E-state index contributed by atoms with van der Waals surface area (Å²) in [6, 6.07) is 10.4. The quantitative estimate of drug-likeness (QED) is 0.403. The number of sulfonamides is 1. The van der Waals surface area contributed by atoms with Crippen LogP contribution in [-0.2, 0) is 31.1 Å². The van der Waals surface area contributed by atoms with Crippen LogP contribution in [0.4, 0.5) is 10.2 Å². The summed E-state index contributed by atoms with van der Waals surface area (Å²) < 4.78 is 88.2. The highest BCUT2D eigenvalue weighted by atomic mass is 32.2. The average molecular weight is 557 g/mol. The number of anilines is 1. The third kappa shape index (κ3) is 6.91. The van der Waals surface area contributed by atoms with Crippen molar-refractivity contribution in [3.63, 3.8) is 0 Å². The zero-order chi connectivity index (χ0) is 26.9. The Morgan fingerprint density at radius 3 is 2.22 bits per heavy atom. The highest BCUT2D eigenvalue weighted by molar-refractivity contribution is 7.92. The van der Waals surface area contributed by atoms with E-state index < -0.39 is 48.4 Å². The van der Waals surface area contributed by atoms with Gasteiger partial charge in [-0.1, -0.05) is 24.3 Å². The van der Waals surface area contributed by atoms with Crippen LogP contribution >= 0.6 is 0 Å². The Kier molecular flexibility index (Phi) is 7.95. The summed E-state index contributed by atoms with van der Waals surface area (Å²) >= 11 is -2.67. The van der Waals surface area contributed by atoms with E-state index in [0.29, 0.717) is 15.4 Å². The standard InChI is InChI=1S/C22H25FN4O6S3/c1-22(2,3)26-36(32,33)20-8-6-5-7-16(20)15-9-10-17(18(23)11-15)19-12-25-21(13-24-19)27(34(28)29)14-35(4,30)31/h5-13,26H,14H2,1-4H3,(H,28,29). The van der Waals surface area contributed by atoms with Crippen LogP contribution in [0.1, 0.15) is 20.8 Å². The Morgan fingerprint density at radius 1 is 1.03 bits per heavy atom. The average Bonchev–Trinajstić information content (AvgIpc) is 2.75. The molecule has 10 nitrogen and oxygen atoms in total. The van der Waals surface area contributed by atoms with Crippen molar-refractivity contribution in [2.24, 2.45) is 0 Å². The third-order valence-corrected chi connectivity index (χ3v) is 8.01.